The standard InChI is InChI=1S/C14H17BrF3N/c1-10-7-11(8-15)4-5-13(10)19-6-2-3-12(9-19)14(16,17)18/h4-5,7,12H,2-3,6,8-9H2,1H3. The zero-order valence-electron chi connectivity index (χ0n) is 10.8. The second kappa shape index (κ2) is 5.73. The summed E-state index contributed by atoms with van der Waals surface area (Å²) in [6.45, 7) is 2.75. The lowest BCUT2D eigenvalue weighted by Crippen LogP contribution is -2.42. The van der Waals surface area contributed by atoms with Crippen LogP contribution < -0.4 is 4.90 Å². The molecule has 1 fully saturated rings. The van der Waals surface area contributed by atoms with Crippen molar-refractivity contribution in [3.8, 4) is 0 Å². The molecule has 0 bridgehead atoms. The number of nitrogens with zero attached hydrogens (tertiary/aromatic N) is 1. The third kappa shape index (κ3) is 3.44. The molecule has 0 aromatic heterocycles. The van der Waals surface area contributed by atoms with Crippen molar-refractivity contribution >= 4 is 21.6 Å². The summed E-state index contributed by atoms with van der Waals surface area (Å²) in [6.07, 6.45) is -3.23. The fourth-order valence-corrected chi connectivity index (χ4v) is 2.97. The summed E-state index contributed by atoms with van der Waals surface area (Å²) >= 11 is 3.39. The van der Waals surface area contributed by atoms with Crippen LogP contribution in [0, 0.1) is 12.8 Å². The van der Waals surface area contributed by atoms with E-state index in [0.29, 0.717) is 13.0 Å². The maximum absolute atomic E-state index is 12.8. The molecule has 1 nitrogen and oxygen atoms in total. The number of aryl methyl sites for hydroxylation is 1. The molecule has 1 aliphatic rings. The van der Waals surface area contributed by atoms with E-state index in [1.54, 1.807) is 0 Å². The van der Waals surface area contributed by atoms with Gasteiger partial charge in [-0.1, -0.05) is 28.1 Å². The van der Waals surface area contributed by atoms with Gasteiger partial charge < -0.3 is 4.90 Å². The van der Waals surface area contributed by atoms with Gasteiger partial charge in [0.25, 0.3) is 0 Å². The molecule has 1 aromatic carbocycles. The molecule has 0 aliphatic carbocycles. The highest BCUT2D eigenvalue weighted by Crippen LogP contribution is 2.35. The van der Waals surface area contributed by atoms with E-state index in [4.69, 9.17) is 0 Å². The van der Waals surface area contributed by atoms with Crippen molar-refractivity contribution in [1.29, 1.82) is 0 Å². The van der Waals surface area contributed by atoms with E-state index in [0.717, 1.165) is 22.1 Å². The second-order valence-electron chi connectivity index (χ2n) is 5.08. The number of hydrogen-bond acceptors (Lipinski definition) is 1. The maximum atomic E-state index is 12.8. The molecule has 0 spiro atoms. The number of piperidine rings is 1. The Morgan fingerprint density at radius 2 is 2.11 bits per heavy atom. The van der Waals surface area contributed by atoms with E-state index < -0.39 is 12.1 Å². The number of rotatable bonds is 2. The van der Waals surface area contributed by atoms with E-state index in [9.17, 15) is 13.2 Å². The van der Waals surface area contributed by atoms with Crippen LogP contribution in [0.1, 0.15) is 24.0 Å². The van der Waals surface area contributed by atoms with Crippen LogP contribution in [0.25, 0.3) is 0 Å². The zero-order chi connectivity index (χ0) is 14.0. The molecule has 5 heteroatoms. The van der Waals surface area contributed by atoms with Crippen molar-refractivity contribution in [2.45, 2.75) is 31.3 Å². The van der Waals surface area contributed by atoms with Gasteiger partial charge in [0.2, 0.25) is 0 Å². The highest BCUT2D eigenvalue weighted by molar-refractivity contribution is 9.08. The van der Waals surface area contributed by atoms with Crippen LogP contribution in [0.2, 0.25) is 0 Å². The van der Waals surface area contributed by atoms with Gasteiger partial charge in [0.1, 0.15) is 0 Å². The molecule has 0 radical (unpaired) electrons. The van der Waals surface area contributed by atoms with Crippen molar-refractivity contribution in [3.05, 3.63) is 29.3 Å². The van der Waals surface area contributed by atoms with Crippen LogP contribution in [0.5, 0.6) is 0 Å². The van der Waals surface area contributed by atoms with Crippen molar-refractivity contribution in [1.82, 2.24) is 0 Å². The lowest BCUT2D eigenvalue weighted by atomic mass is 9.96. The molecule has 0 N–H and O–H groups in total. The van der Waals surface area contributed by atoms with Crippen LogP contribution >= 0.6 is 15.9 Å². The summed E-state index contributed by atoms with van der Waals surface area (Å²) in [5, 5.41) is 0.763. The second-order valence-corrected chi connectivity index (χ2v) is 5.64. The van der Waals surface area contributed by atoms with E-state index >= 15 is 0 Å². The molecule has 1 atom stereocenters. The van der Waals surface area contributed by atoms with Gasteiger partial charge in [-0.25, -0.2) is 0 Å². The van der Waals surface area contributed by atoms with Gasteiger partial charge in [0.05, 0.1) is 5.92 Å². The van der Waals surface area contributed by atoms with Crippen LogP contribution in [-0.2, 0) is 5.33 Å². The Bertz CT molecular complexity index is 445. The first-order valence-corrected chi connectivity index (χ1v) is 7.51. The monoisotopic (exact) mass is 335 g/mol. The van der Waals surface area contributed by atoms with Gasteiger partial charge in [-0.3, -0.25) is 0 Å². The number of hydrogen-bond donors (Lipinski definition) is 0. The Balaban J connectivity index is 2.17. The molecule has 1 saturated heterocycles. The summed E-state index contributed by atoms with van der Waals surface area (Å²) in [4.78, 5) is 1.87. The Hall–Kier alpha value is -0.710. The first kappa shape index (κ1) is 14.7. The minimum absolute atomic E-state index is 0.0813. The predicted molar refractivity (Wildman–Crippen MR) is 74.8 cm³/mol. The van der Waals surface area contributed by atoms with Crippen LogP contribution in [0.3, 0.4) is 0 Å². The van der Waals surface area contributed by atoms with E-state index in [2.05, 4.69) is 15.9 Å². The summed E-state index contributed by atoms with van der Waals surface area (Å²) in [5.74, 6) is -1.20. The average molecular weight is 336 g/mol. The van der Waals surface area contributed by atoms with Crippen molar-refractivity contribution < 1.29 is 13.2 Å². The van der Waals surface area contributed by atoms with Gasteiger partial charge in [0.15, 0.2) is 0 Å². The number of benzene rings is 1. The molecular weight excluding hydrogens is 319 g/mol. The number of anilines is 1. The van der Waals surface area contributed by atoms with E-state index in [1.165, 1.54) is 0 Å². The van der Waals surface area contributed by atoms with Gasteiger partial charge in [-0.05, 0) is 37.0 Å². The SMILES string of the molecule is Cc1cc(CBr)ccc1N1CCCC(C(F)(F)F)C1. The molecule has 1 aromatic rings. The minimum Gasteiger partial charge on any atom is -0.371 e. The maximum Gasteiger partial charge on any atom is 0.393 e. The Kier molecular flexibility index (Phi) is 4.43. The molecular formula is C14H17BrF3N. The molecule has 1 heterocycles. The third-order valence-electron chi connectivity index (χ3n) is 3.64. The molecule has 1 aliphatic heterocycles. The smallest absolute Gasteiger partial charge is 0.371 e. The average Bonchev–Trinajstić information content (AvgIpc) is 2.37. The molecule has 1 unspecified atom stereocenters. The van der Waals surface area contributed by atoms with Gasteiger partial charge in [-0.2, -0.15) is 13.2 Å². The molecule has 0 saturated carbocycles. The highest BCUT2D eigenvalue weighted by Gasteiger charge is 2.41. The first-order chi connectivity index (χ1) is 8.91. The van der Waals surface area contributed by atoms with Crippen molar-refractivity contribution in [2.75, 3.05) is 18.0 Å². The molecule has 106 valence electrons. The predicted octanol–water partition coefficient (Wildman–Crippen LogP) is 4.67. The van der Waals surface area contributed by atoms with Gasteiger partial charge >= 0.3 is 6.18 Å². The van der Waals surface area contributed by atoms with Crippen molar-refractivity contribution in [2.24, 2.45) is 5.92 Å². The minimum atomic E-state index is -4.08. The summed E-state index contributed by atoms with van der Waals surface area (Å²) in [7, 11) is 0. The van der Waals surface area contributed by atoms with Crippen LogP contribution in [-0.4, -0.2) is 19.3 Å². The Morgan fingerprint density at radius 1 is 1.37 bits per heavy atom. The largest absolute Gasteiger partial charge is 0.393 e. The lowest BCUT2D eigenvalue weighted by Gasteiger charge is -2.36. The normalized spacial score (nSPS) is 20.7. The van der Waals surface area contributed by atoms with E-state index in [1.807, 2.05) is 30.0 Å². The highest BCUT2D eigenvalue weighted by atomic mass is 79.9. The molecule has 19 heavy (non-hydrogen) atoms. The van der Waals surface area contributed by atoms with E-state index in [-0.39, 0.29) is 13.0 Å². The third-order valence-corrected chi connectivity index (χ3v) is 4.29. The molecule has 0 amide bonds. The lowest BCUT2D eigenvalue weighted by molar-refractivity contribution is -0.176. The summed E-state index contributed by atoms with van der Waals surface area (Å²) < 4.78 is 38.5. The Labute approximate surface area is 119 Å². The molecule has 2 rings (SSSR count). The van der Waals surface area contributed by atoms with Crippen LogP contribution in [0.15, 0.2) is 18.2 Å². The Morgan fingerprint density at radius 3 is 2.68 bits per heavy atom. The zero-order valence-corrected chi connectivity index (χ0v) is 12.4. The summed E-state index contributed by atoms with van der Waals surface area (Å²) in [5.41, 5.74) is 3.11. The fraction of sp³-hybridized carbons (Fsp3) is 0.571. The quantitative estimate of drug-likeness (QED) is 0.710. The number of alkyl halides is 4. The van der Waals surface area contributed by atoms with Crippen LogP contribution in [0.4, 0.5) is 18.9 Å². The topological polar surface area (TPSA) is 3.24 Å². The summed E-state index contributed by atoms with van der Waals surface area (Å²) in [6, 6.07) is 5.93. The van der Waals surface area contributed by atoms with Gasteiger partial charge in [-0.15, -0.1) is 0 Å². The fourth-order valence-electron chi connectivity index (χ4n) is 2.62. The van der Waals surface area contributed by atoms with Crippen molar-refractivity contribution in [3.63, 3.8) is 0 Å². The number of halogens is 4. The van der Waals surface area contributed by atoms with Gasteiger partial charge in [0, 0.05) is 24.1 Å². The first-order valence-electron chi connectivity index (χ1n) is 6.39.